The van der Waals surface area contributed by atoms with Gasteiger partial charge in [-0.15, -0.1) is 11.3 Å². The highest BCUT2D eigenvalue weighted by Gasteiger charge is 2.17. The van der Waals surface area contributed by atoms with E-state index in [1.165, 1.54) is 25.7 Å². The van der Waals surface area contributed by atoms with Crippen LogP contribution in [0.15, 0.2) is 130 Å². The average molecular weight is 569 g/mol. The van der Waals surface area contributed by atoms with Crippen molar-refractivity contribution < 1.29 is 8.83 Å². The molecule has 0 amide bonds. The Kier molecular flexibility index (Phi) is 4.57. The van der Waals surface area contributed by atoms with Gasteiger partial charge in [-0.25, -0.2) is 9.97 Å². The van der Waals surface area contributed by atoms with Crippen LogP contribution in [0.3, 0.4) is 0 Å². The van der Waals surface area contributed by atoms with E-state index >= 15 is 0 Å². The summed E-state index contributed by atoms with van der Waals surface area (Å²) in [5, 5.41) is 5.77. The summed E-state index contributed by atoms with van der Waals surface area (Å²) in [6.45, 7) is 0. The van der Waals surface area contributed by atoms with Crippen LogP contribution in [0.2, 0.25) is 0 Å². The van der Waals surface area contributed by atoms with Crippen molar-refractivity contribution in [2.24, 2.45) is 0 Å². The number of furan rings is 2. The van der Waals surface area contributed by atoms with Crippen molar-refractivity contribution in [2.75, 3.05) is 0 Å². The third kappa shape index (κ3) is 3.31. The van der Waals surface area contributed by atoms with E-state index in [1.807, 2.05) is 41.7 Å². The van der Waals surface area contributed by atoms with Crippen LogP contribution in [0.5, 0.6) is 0 Å². The number of para-hydroxylation sites is 2. The van der Waals surface area contributed by atoms with Gasteiger partial charge >= 0.3 is 0 Å². The molecule has 0 radical (unpaired) electrons. The highest BCUT2D eigenvalue weighted by molar-refractivity contribution is 7.26. The van der Waals surface area contributed by atoms with Crippen molar-refractivity contribution in [3.8, 4) is 22.3 Å². The Balaban J connectivity index is 1.16. The summed E-state index contributed by atoms with van der Waals surface area (Å²) in [6, 6.07) is 42.2. The van der Waals surface area contributed by atoms with Gasteiger partial charge in [-0.2, -0.15) is 0 Å². The van der Waals surface area contributed by atoms with Crippen LogP contribution < -0.4 is 0 Å². The SMILES string of the molecule is c1ccc2c(c1)oc1c(-c3ccc4nc5oc6ccc(-c7cccc8c7sc7ccccc78)cc6c5nc4c3)cccc12. The lowest BCUT2D eigenvalue weighted by molar-refractivity contribution is 0.655. The fourth-order valence-corrected chi connectivity index (χ4v) is 7.72. The standard InChI is InChI=1S/C38H20N2O2S/c1-3-13-32-25(7-1)27-11-5-9-23(36(27)41-32)22-15-17-30-31(20-22)39-35-29-19-21(16-18-33(29)42-38(35)40-30)24-10-6-12-28-26-8-2-4-14-34(26)43-37(24)28/h1-20H. The van der Waals surface area contributed by atoms with Gasteiger partial charge in [-0.3, -0.25) is 0 Å². The van der Waals surface area contributed by atoms with Gasteiger partial charge in [0, 0.05) is 41.9 Å². The largest absolute Gasteiger partial charge is 0.455 e. The zero-order chi connectivity index (χ0) is 28.1. The lowest BCUT2D eigenvalue weighted by Gasteiger charge is -2.05. The number of rotatable bonds is 2. The first-order valence-corrected chi connectivity index (χ1v) is 15.1. The quantitative estimate of drug-likeness (QED) is 0.208. The van der Waals surface area contributed by atoms with Crippen molar-refractivity contribution >= 4 is 86.7 Å². The molecule has 5 heteroatoms. The second-order valence-corrected chi connectivity index (χ2v) is 12.0. The maximum Gasteiger partial charge on any atom is 0.246 e. The number of thiophene rings is 1. The van der Waals surface area contributed by atoms with Gasteiger partial charge in [-0.1, -0.05) is 84.9 Å². The number of fused-ring (bicyclic) bond motifs is 10. The highest BCUT2D eigenvalue weighted by atomic mass is 32.1. The summed E-state index contributed by atoms with van der Waals surface area (Å²) in [5.74, 6) is 0. The van der Waals surface area contributed by atoms with Gasteiger partial charge < -0.3 is 8.83 Å². The monoisotopic (exact) mass is 568 g/mol. The smallest absolute Gasteiger partial charge is 0.246 e. The van der Waals surface area contributed by atoms with Crippen molar-refractivity contribution in [1.82, 2.24) is 9.97 Å². The van der Waals surface area contributed by atoms with Gasteiger partial charge in [0.2, 0.25) is 5.71 Å². The van der Waals surface area contributed by atoms with Crippen LogP contribution in [0.1, 0.15) is 0 Å². The Morgan fingerprint density at radius 1 is 0.488 bits per heavy atom. The predicted octanol–water partition coefficient (Wildman–Crippen LogP) is 11.1. The molecule has 0 saturated heterocycles. The van der Waals surface area contributed by atoms with Gasteiger partial charge in [-0.05, 0) is 53.1 Å². The van der Waals surface area contributed by atoms with Gasteiger partial charge in [0.25, 0.3) is 0 Å². The molecule has 10 rings (SSSR count). The number of benzene rings is 6. The molecule has 10 aromatic rings. The first-order chi connectivity index (χ1) is 21.3. The number of hydrogen-bond acceptors (Lipinski definition) is 5. The van der Waals surface area contributed by atoms with Crippen LogP contribution in [0.4, 0.5) is 0 Å². The summed E-state index contributed by atoms with van der Waals surface area (Å²) in [7, 11) is 0. The van der Waals surface area contributed by atoms with Crippen LogP contribution in [-0.4, -0.2) is 9.97 Å². The Morgan fingerprint density at radius 3 is 2.19 bits per heavy atom. The van der Waals surface area contributed by atoms with Gasteiger partial charge in [0.05, 0.1) is 11.0 Å². The number of hydrogen-bond donors (Lipinski definition) is 0. The van der Waals surface area contributed by atoms with Crippen molar-refractivity contribution in [3.05, 3.63) is 121 Å². The molecular weight excluding hydrogens is 548 g/mol. The Bertz CT molecular complexity index is 2740. The molecule has 4 nitrogen and oxygen atoms in total. The fraction of sp³-hybridized carbons (Fsp3) is 0. The zero-order valence-corrected chi connectivity index (χ0v) is 23.5. The van der Waals surface area contributed by atoms with E-state index in [0.717, 1.165) is 66.1 Å². The van der Waals surface area contributed by atoms with E-state index in [0.29, 0.717) is 5.71 Å². The molecule has 0 fully saturated rings. The third-order valence-electron chi connectivity index (χ3n) is 8.50. The van der Waals surface area contributed by atoms with Crippen molar-refractivity contribution in [1.29, 1.82) is 0 Å². The summed E-state index contributed by atoms with van der Waals surface area (Å²) in [4.78, 5) is 10.00. The minimum Gasteiger partial charge on any atom is -0.455 e. The molecule has 0 unspecified atom stereocenters. The molecule has 0 aliphatic heterocycles. The molecule has 43 heavy (non-hydrogen) atoms. The molecule has 0 atom stereocenters. The molecule has 200 valence electrons. The van der Waals surface area contributed by atoms with E-state index < -0.39 is 0 Å². The Morgan fingerprint density at radius 2 is 1.23 bits per heavy atom. The first-order valence-electron chi connectivity index (χ1n) is 14.2. The number of aromatic nitrogens is 2. The fourth-order valence-electron chi connectivity index (χ4n) is 6.48. The highest BCUT2D eigenvalue weighted by Crippen LogP contribution is 2.41. The Hall–Kier alpha value is -5.52. The second kappa shape index (κ2) is 8.51. The predicted molar refractivity (Wildman–Crippen MR) is 178 cm³/mol. The summed E-state index contributed by atoms with van der Waals surface area (Å²) in [6.07, 6.45) is 0. The summed E-state index contributed by atoms with van der Waals surface area (Å²) >= 11 is 1.84. The van der Waals surface area contributed by atoms with Crippen molar-refractivity contribution in [2.45, 2.75) is 0 Å². The van der Waals surface area contributed by atoms with E-state index in [2.05, 4.69) is 91.0 Å². The molecule has 0 bridgehead atoms. The molecule has 4 heterocycles. The van der Waals surface area contributed by atoms with E-state index in [1.54, 1.807) is 0 Å². The number of nitrogens with zero attached hydrogens (tertiary/aromatic N) is 2. The third-order valence-corrected chi connectivity index (χ3v) is 9.72. The topological polar surface area (TPSA) is 52.1 Å². The minimum absolute atomic E-state index is 0.548. The van der Waals surface area contributed by atoms with Crippen LogP contribution in [0, 0.1) is 0 Å². The van der Waals surface area contributed by atoms with Gasteiger partial charge in [0.15, 0.2) is 0 Å². The molecule has 0 N–H and O–H groups in total. The lowest BCUT2D eigenvalue weighted by atomic mass is 10.0. The molecular formula is C38H20N2O2S. The van der Waals surface area contributed by atoms with E-state index in [9.17, 15) is 0 Å². The lowest BCUT2D eigenvalue weighted by Crippen LogP contribution is -1.87. The minimum atomic E-state index is 0.548. The molecule has 0 saturated carbocycles. The second-order valence-electron chi connectivity index (χ2n) is 11.0. The molecule has 0 aliphatic carbocycles. The van der Waals surface area contributed by atoms with Crippen LogP contribution in [-0.2, 0) is 0 Å². The zero-order valence-electron chi connectivity index (χ0n) is 22.7. The Labute approximate surface area is 248 Å². The average Bonchev–Trinajstić information content (AvgIpc) is 3.74. The normalized spacial score (nSPS) is 12.2. The van der Waals surface area contributed by atoms with E-state index in [-0.39, 0.29) is 0 Å². The maximum atomic E-state index is 6.32. The van der Waals surface area contributed by atoms with Gasteiger partial charge in [0.1, 0.15) is 22.3 Å². The van der Waals surface area contributed by atoms with Crippen LogP contribution >= 0.6 is 11.3 Å². The summed E-state index contributed by atoms with van der Waals surface area (Å²) in [5.41, 5.74) is 9.91. The van der Waals surface area contributed by atoms with Crippen molar-refractivity contribution in [3.63, 3.8) is 0 Å². The molecule has 0 spiro atoms. The molecule has 0 aliphatic rings. The van der Waals surface area contributed by atoms with E-state index in [4.69, 9.17) is 18.8 Å². The van der Waals surface area contributed by atoms with Crippen LogP contribution in [0.25, 0.3) is 97.6 Å². The molecule has 4 aromatic heterocycles. The summed E-state index contributed by atoms with van der Waals surface area (Å²) < 4.78 is 15.1. The maximum absolute atomic E-state index is 6.32. The molecule has 6 aromatic carbocycles. The first kappa shape index (κ1) is 23.1.